The molecular weight excluding hydrogens is 200 g/mol. The van der Waals surface area contributed by atoms with E-state index < -0.39 is 0 Å². The molecule has 16 heavy (non-hydrogen) atoms. The Hall–Kier alpha value is -0.770. The molecule has 1 heterocycles. The molecule has 2 rings (SSSR count). The molecule has 1 saturated heterocycles. The number of nitrogens with two attached hydrogens (primary N) is 1. The molecule has 0 aromatic carbocycles. The molecule has 0 amide bonds. The van der Waals surface area contributed by atoms with Crippen LogP contribution in [0.4, 0.5) is 0 Å². The fourth-order valence-electron chi connectivity index (χ4n) is 2.71. The number of likely N-dealkylation sites (tertiary alicyclic amines) is 1. The lowest BCUT2D eigenvalue weighted by molar-refractivity contribution is 0.406. The first kappa shape index (κ1) is 11.7. The van der Waals surface area contributed by atoms with Crippen LogP contribution in [-0.2, 0) is 0 Å². The Balaban J connectivity index is 1.77. The van der Waals surface area contributed by atoms with Crippen LogP contribution in [-0.4, -0.2) is 43.1 Å². The highest BCUT2D eigenvalue weighted by Crippen LogP contribution is 2.20. The van der Waals surface area contributed by atoms with E-state index in [1.807, 2.05) is 0 Å². The highest BCUT2D eigenvalue weighted by Gasteiger charge is 2.20. The molecule has 3 N–H and O–H groups in total. The average Bonchev–Trinajstić information content (AvgIpc) is 2.65. The van der Waals surface area contributed by atoms with E-state index in [9.17, 15) is 0 Å². The van der Waals surface area contributed by atoms with Crippen LogP contribution in [0.5, 0.6) is 0 Å². The van der Waals surface area contributed by atoms with E-state index in [-0.39, 0.29) is 0 Å². The average molecular weight is 224 g/mol. The monoisotopic (exact) mass is 224 g/mol. The molecule has 2 fully saturated rings. The van der Waals surface area contributed by atoms with E-state index in [0.717, 1.165) is 13.1 Å². The molecule has 1 saturated carbocycles. The molecule has 0 aromatic heterocycles. The van der Waals surface area contributed by atoms with Crippen molar-refractivity contribution in [3.8, 4) is 0 Å². The Bertz CT molecular complexity index is 245. The van der Waals surface area contributed by atoms with Gasteiger partial charge in [0.15, 0.2) is 5.96 Å². The number of aliphatic imine (C=N–C) groups is 1. The Morgan fingerprint density at radius 1 is 1.25 bits per heavy atom. The van der Waals surface area contributed by atoms with Crippen molar-refractivity contribution in [1.82, 2.24) is 10.2 Å². The lowest BCUT2D eigenvalue weighted by atomic mass is 9.96. The van der Waals surface area contributed by atoms with Gasteiger partial charge >= 0.3 is 0 Å². The van der Waals surface area contributed by atoms with Crippen LogP contribution in [0.2, 0.25) is 0 Å². The molecule has 1 unspecified atom stereocenters. The van der Waals surface area contributed by atoms with E-state index in [0.29, 0.717) is 18.0 Å². The number of hydrogen-bond acceptors (Lipinski definition) is 2. The van der Waals surface area contributed by atoms with Crippen molar-refractivity contribution < 1.29 is 0 Å². The molecule has 0 radical (unpaired) electrons. The Kier molecular flexibility index (Phi) is 4.04. The van der Waals surface area contributed by atoms with E-state index in [1.54, 1.807) is 0 Å². The lowest BCUT2D eigenvalue weighted by Gasteiger charge is -2.20. The molecule has 1 atom stereocenters. The summed E-state index contributed by atoms with van der Waals surface area (Å²) in [4.78, 5) is 6.91. The summed E-state index contributed by atoms with van der Waals surface area (Å²) in [6.45, 7) is 2.25. The maximum Gasteiger partial charge on any atom is 0.189 e. The summed E-state index contributed by atoms with van der Waals surface area (Å²) in [5.74, 6) is 0.659. The second kappa shape index (κ2) is 5.53. The Morgan fingerprint density at radius 2 is 2.00 bits per heavy atom. The van der Waals surface area contributed by atoms with Crippen molar-refractivity contribution >= 4 is 5.96 Å². The first-order valence-corrected chi connectivity index (χ1v) is 6.52. The molecule has 0 spiro atoms. The van der Waals surface area contributed by atoms with E-state index in [4.69, 9.17) is 5.73 Å². The van der Waals surface area contributed by atoms with Crippen molar-refractivity contribution in [3.05, 3.63) is 0 Å². The highest BCUT2D eigenvalue weighted by atomic mass is 15.2. The van der Waals surface area contributed by atoms with Gasteiger partial charge in [0.05, 0.1) is 6.04 Å². The first-order valence-electron chi connectivity index (χ1n) is 6.52. The van der Waals surface area contributed by atoms with Gasteiger partial charge in [0.1, 0.15) is 0 Å². The van der Waals surface area contributed by atoms with Gasteiger partial charge in [0, 0.05) is 12.6 Å². The van der Waals surface area contributed by atoms with Gasteiger partial charge in [-0.25, -0.2) is 0 Å². The summed E-state index contributed by atoms with van der Waals surface area (Å²) >= 11 is 0. The van der Waals surface area contributed by atoms with Crippen LogP contribution < -0.4 is 11.1 Å². The standard InChI is InChI=1S/C12H24N4/c1-16-8-7-11(9-16)15-12(13)14-10-5-3-2-4-6-10/h10-11H,2-9H2,1H3,(H3,13,14,15). The summed E-state index contributed by atoms with van der Waals surface area (Å²) in [5, 5.41) is 3.34. The molecule has 2 aliphatic rings. The van der Waals surface area contributed by atoms with E-state index in [2.05, 4.69) is 22.3 Å². The fraction of sp³-hybridized carbons (Fsp3) is 0.917. The topological polar surface area (TPSA) is 53.6 Å². The SMILES string of the molecule is CN1CCC(NC(N)=NC2CCCCC2)C1. The van der Waals surface area contributed by atoms with Gasteiger partial charge in [-0.15, -0.1) is 0 Å². The van der Waals surface area contributed by atoms with Gasteiger partial charge in [-0.05, 0) is 32.9 Å². The van der Waals surface area contributed by atoms with Crippen LogP contribution >= 0.6 is 0 Å². The maximum absolute atomic E-state index is 5.95. The second-order valence-electron chi connectivity index (χ2n) is 5.20. The van der Waals surface area contributed by atoms with Crippen molar-refractivity contribution in [2.75, 3.05) is 20.1 Å². The van der Waals surface area contributed by atoms with Gasteiger partial charge in [-0.2, -0.15) is 0 Å². The zero-order chi connectivity index (χ0) is 11.4. The maximum atomic E-state index is 5.95. The minimum atomic E-state index is 0.473. The summed E-state index contributed by atoms with van der Waals surface area (Å²) < 4.78 is 0. The third-order valence-corrected chi connectivity index (χ3v) is 3.64. The van der Waals surface area contributed by atoms with Gasteiger partial charge in [0.25, 0.3) is 0 Å². The summed E-state index contributed by atoms with van der Waals surface area (Å²) in [7, 11) is 2.15. The Labute approximate surface area is 98.3 Å². The third kappa shape index (κ3) is 3.37. The molecule has 0 aromatic rings. The predicted octanol–water partition coefficient (Wildman–Crippen LogP) is 0.928. The fourth-order valence-corrected chi connectivity index (χ4v) is 2.71. The van der Waals surface area contributed by atoms with Gasteiger partial charge in [0.2, 0.25) is 0 Å². The van der Waals surface area contributed by atoms with E-state index in [1.165, 1.54) is 38.5 Å². The molecule has 0 bridgehead atoms. The summed E-state index contributed by atoms with van der Waals surface area (Å²) in [6.07, 6.45) is 7.60. The first-order chi connectivity index (χ1) is 7.74. The third-order valence-electron chi connectivity index (χ3n) is 3.64. The lowest BCUT2D eigenvalue weighted by Crippen LogP contribution is -2.42. The molecule has 92 valence electrons. The van der Waals surface area contributed by atoms with Crippen molar-refractivity contribution in [3.63, 3.8) is 0 Å². The normalized spacial score (nSPS) is 29.6. The summed E-state index contributed by atoms with van der Waals surface area (Å²) in [5.41, 5.74) is 5.95. The van der Waals surface area contributed by atoms with Crippen LogP contribution in [0, 0.1) is 0 Å². The number of hydrogen-bond donors (Lipinski definition) is 2. The van der Waals surface area contributed by atoms with Crippen LogP contribution in [0.15, 0.2) is 4.99 Å². The van der Waals surface area contributed by atoms with Crippen molar-refractivity contribution in [2.24, 2.45) is 10.7 Å². The zero-order valence-corrected chi connectivity index (χ0v) is 10.3. The van der Waals surface area contributed by atoms with Crippen LogP contribution in [0.25, 0.3) is 0 Å². The quantitative estimate of drug-likeness (QED) is 0.542. The number of rotatable bonds is 2. The number of nitrogens with zero attached hydrogens (tertiary/aromatic N) is 2. The number of likely N-dealkylation sites (N-methyl/N-ethyl adjacent to an activating group) is 1. The zero-order valence-electron chi connectivity index (χ0n) is 10.3. The number of nitrogens with one attached hydrogen (secondary N) is 1. The Morgan fingerprint density at radius 3 is 2.62 bits per heavy atom. The minimum absolute atomic E-state index is 0.473. The predicted molar refractivity (Wildman–Crippen MR) is 67.5 cm³/mol. The smallest absolute Gasteiger partial charge is 0.189 e. The highest BCUT2D eigenvalue weighted by molar-refractivity contribution is 5.78. The molecule has 1 aliphatic heterocycles. The van der Waals surface area contributed by atoms with E-state index >= 15 is 0 Å². The van der Waals surface area contributed by atoms with Gasteiger partial charge in [-0.1, -0.05) is 19.3 Å². The molecule has 4 nitrogen and oxygen atoms in total. The van der Waals surface area contributed by atoms with Crippen molar-refractivity contribution in [1.29, 1.82) is 0 Å². The minimum Gasteiger partial charge on any atom is -0.370 e. The van der Waals surface area contributed by atoms with Crippen molar-refractivity contribution in [2.45, 2.75) is 50.6 Å². The second-order valence-corrected chi connectivity index (χ2v) is 5.20. The largest absolute Gasteiger partial charge is 0.370 e. The van der Waals surface area contributed by atoms with Crippen LogP contribution in [0.1, 0.15) is 38.5 Å². The van der Waals surface area contributed by atoms with Crippen LogP contribution in [0.3, 0.4) is 0 Å². The molecular formula is C12H24N4. The summed E-state index contributed by atoms with van der Waals surface area (Å²) in [6, 6.07) is 0.970. The van der Waals surface area contributed by atoms with Gasteiger partial charge in [-0.3, -0.25) is 4.99 Å². The molecule has 1 aliphatic carbocycles. The molecule has 4 heteroatoms. The van der Waals surface area contributed by atoms with Gasteiger partial charge < -0.3 is 16.0 Å². The number of guanidine groups is 1.